The lowest BCUT2D eigenvalue weighted by atomic mass is 9.94. The second-order valence-electron chi connectivity index (χ2n) is 12.5. The minimum Gasteiger partial charge on any atom is -0.507 e. The highest BCUT2D eigenvalue weighted by molar-refractivity contribution is 5.75. The van der Waals surface area contributed by atoms with Crippen molar-refractivity contribution in [2.24, 2.45) is 0 Å². The molecule has 1 aliphatic rings. The standard InChI is InChI=1S/C30H37F7N4O13/c1-10-14(20(44)24(48)18(31)19(10)43)6-5-13(40-9-27(51,52)41(12(3)42)25(49)30(40,53)54)7-8-38-26(50)39(4)11(2)15-21(45)16(28(32,33)34)23(47)17(22(15)46)29(35,36)37/h11,13,25,43-49,51-54H,5-9H2,1-4H3,(H,38,50). The molecule has 0 aliphatic carbocycles. The number of benzene rings is 2. The predicted molar refractivity (Wildman–Crippen MR) is 163 cm³/mol. The first-order valence-electron chi connectivity index (χ1n) is 15.4. The lowest BCUT2D eigenvalue weighted by Crippen LogP contribution is -2.78. The van der Waals surface area contributed by atoms with E-state index < -0.39 is 144 Å². The Bertz CT molecular complexity index is 1720. The van der Waals surface area contributed by atoms with Crippen LogP contribution in [-0.4, -0.2) is 127 Å². The molecule has 12 N–H and O–H groups in total. The number of aliphatic hydroxyl groups is 5. The van der Waals surface area contributed by atoms with E-state index in [0.717, 1.165) is 27.8 Å². The molecule has 3 atom stereocenters. The minimum absolute atomic E-state index is 0.0900. The van der Waals surface area contributed by atoms with E-state index in [0.29, 0.717) is 9.80 Å². The van der Waals surface area contributed by atoms with Crippen LogP contribution in [-0.2, 0) is 23.6 Å². The number of phenolic OH excluding ortho intramolecular Hbond substituents is 6. The van der Waals surface area contributed by atoms with Crippen LogP contribution in [0.1, 0.15) is 60.5 Å². The molecule has 24 heteroatoms. The van der Waals surface area contributed by atoms with Crippen LogP contribution in [0, 0.1) is 12.7 Å². The zero-order valence-electron chi connectivity index (χ0n) is 28.5. The van der Waals surface area contributed by atoms with E-state index in [1.165, 1.54) is 0 Å². The molecule has 17 nitrogen and oxygen atoms in total. The quantitative estimate of drug-likeness (QED) is 0.0738. The number of rotatable bonds is 9. The molecule has 1 heterocycles. The fraction of sp³-hybridized carbons (Fsp3) is 0.533. The summed E-state index contributed by atoms with van der Waals surface area (Å²) in [7, 11) is 0.818. The van der Waals surface area contributed by atoms with Crippen molar-refractivity contribution in [1.29, 1.82) is 0 Å². The number of phenols is 6. The fourth-order valence-electron chi connectivity index (χ4n) is 6.18. The van der Waals surface area contributed by atoms with Gasteiger partial charge in [0.25, 0.3) is 11.8 Å². The van der Waals surface area contributed by atoms with Gasteiger partial charge in [-0.05, 0) is 33.1 Å². The van der Waals surface area contributed by atoms with Crippen LogP contribution in [0.25, 0.3) is 0 Å². The summed E-state index contributed by atoms with van der Waals surface area (Å²) in [6.07, 6.45) is -15.8. The lowest BCUT2D eigenvalue weighted by Gasteiger charge is -2.54. The van der Waals surface area contributed by atoms with Crippen LogP contribution in [0.4, 0.5) is 35.5 Å². The summed E-state index contributed by atoms with van der Waals surface area (Å²) in [4.78, 5) is 25.9. The number of aromatic hydroxyl groups is 6. The molecule has 54 heavy (non-hydrogen) atoms. The van der Waals surface area contributed by atoms with Crippen LogP contribution in [0.2, 0.25) is 0 Å². The largest absolute Gasteiger partial charge is 0.507 e. The molecule has 0 radical (unpaired) electrons. The van der Waals surface area contributed by atoms with Gasteiger partial charge in [-0.15, -0.1) is 0 Å². The van der Waals surface area contributed by atoms with Crippen molar-refractivity contribution in [2.45, 2.75) is 82.5 Å². The van der Waals surface area contributed by atoms with Gasteiger partial charge in [-0.25, -0.2) is 9.69 Å². The summed E-state index contributed by atoms with van der Waals surface area (Å²) >= 11 is 0. The van der Waals surface area contributed by atoms with Crippen molar-refractivity contribution in [3.63, 3.8) is 0 Å². The van der Waals surface area contributed by atoms with Gasteiger partial charge in [0.05, 0.1) is 18.2 Å². The molecule has 2 aromatic rings. The number of carbonyl (C=O) groups is 2. The topological polar surface area (TPSA) is 278 Å². The Morgan fingerprint density at radius 1 is 0.870 bits per heavy atom. The molecule has 1 saturated heterocycles. The maximum atomic E-state index is 14.1. The molecule has 0 saturated carbocycles. The fourth-order valence-corrected chi connectivity index (χ4v) is 6.18. The molecular formula is C30H37F7N4O13. The second-order valence-corrected chi connectivity index (χ2v) is 12.5. The van der Waals surface area contributed by atoms with E-state index >= 15 is 0 Å². The summed E-state index contributed by atoms with van der Waals surface area (Å²) in [5.74, 6) is -19.7. The average Bonchev–Trinajstić information content (AvgIpc) is 3.01. The summed E-state index contributed by atoms with van der Waals surface area (Å²) < 4.78 is 96.0. The van der Waals surface area contributed by atoms with Crippen LogP contribution >= 0.6 is 0 Å². The number of nitrogens with one attached hydrogen (secondary N) is 1. The SMILES string of the molecule is CC(=O)N1C(O)C(O)(O)N(C(CCNC(=O)N(C)C(C)c2c(O)c(C(F)(F)F)c(O)c(C(F)(F)F)c2O)CCc2c(C)c(O)c(F)c(O)c2O)CC1(O)O. The molecule has 304 valence electrons. The van der Waals surface area contributed by atoms with E-state index in [1.54, 1.807) is 0 Å². The molecular weight excluding hydrogens is 757 g/mol. The highest BCUT2D eigenvalue weighted by atomic mass is 19.4. The molecule has 0 bridgehead atoms. The minimum atomic E-state index is -5.79. The van der Waals surface area contributed by atoms with Gasteiger partial charge in [0, 0.05) is 37.7 Å². The third kappa shape index (κ3) is 7.88. The van der Waals surface area contributed by atoms with Gasteiger partial charge < -0.3 is 66.4 Å². The zero-order valence-corrected chi connectivity index (χ0v) is 28.5. The number of hydrogen-bond acceptors (Lipinski definition) is 14. The number of halogens is 7. The smallest absolute Gasteiger partial charge is 0.423 e. The van der Waals surface area contributed by atoms with Gasteiger partial charge in [-0.1, -0.05) is 0 Å². The van der Waals surface area contributed by atoms with Crippen LogP contribution < -0.4 is 5.32 Å². The number of urea groups is 1. The van der Waals surface area contributed by atoms with Gasteiger partial charge in [-0.2, -0.15) is 30.7 Å². The first kappa shape index (κ1) is 43.7. The highest BCUT2D eigenvalue weighted by Crippen LogP contribution is 2.55. The molecule has 3 rings (SSSR count). The maximum Gasteiger partial charge on any atom is 0.423 e. The second kappa shape index (κ2) is 14.8. The number of nitrogens with zero attached hydrogens (tertiary/aromatic N) is 3. The Labute approximate surface area is 299 Å². The van der Waals surface area contributed by atoms with Gasteiger partial charge in [0.1, 0.15) is 28.4 Å². The van der Waals surface area contributed by atoms with Crippen molar-refractivity contribution in [3.05, 3.63) is 33.6 Å². The van der Waals surface area contributed by atoms with E-state index in [-0.39, 0.29) is 16.0 Å². The zero-order chi connectivity index (χ0) is 41.8. The number of carbonyl (C=O) groups excluding carboxylic acids is 2. The first-order valence-corrected chi connectivity index (χ1v) is 15.4. The monoisotopic (exact) mass is 794 g/mol. The summed E-state index contributed by atoms with van der Waals surface area (Å²) in [6, 6.07) is -4.79. The average molecular weight is 795 g/mol. The number of alkyl halides is 6. The Morgan fingerprint density at radius 3 is 1.83 bits per heavy atom. The summed E-state index contributed by atoms with van der Waals surface area (Å²) in [6.45, 7) is 0.789. The van der Waals surface area contributed by atoms with Crippen molar-refractivity contribution in [3.8, 4) is 34.5 Å². The number of hydrogen-bond donors (Lipinski definition) is 12. The van der Waals surface area contributed by atoms with Crippen molar-refractivity contribution in [2.75, 3.05) is 20.1 Å². The Balaban J connectivity index is 1.98. The Hall–Kier alpha value is -4.75. The predicted octanol–water partition coefficient (Wildman–Crippen LogP) is 1.26. The van der Waals surface area contributed by atoms with Crippen LogP contribution in [0.3, 0.4) is 0 Å². The van der Waals surface area contributed by atoms with E-state index in [9.17, 15) is 96.5 Å². The molecule has 3 unspecified atom stereocenters. The molecule has 1 aliphatic heterocycles. The number of amides is 3. The van der Waals surface area contributed by atoms with Crippen LogP contribution in [0.5, 0.6) is 34.5 Å². The van der Waals surface area contributed by atoms with Gasteiger partial charge in [0.15, 0.2) is 17.2 Å². The summed E-state index contributed by atoms with van der Waals surface area (Å²) in [5.41, 5.74) is -7.17. The van der Waals surface area contributed by atoms with Gasteiger partial charge in [-0.3, -0.25) is 9.69 Å². The van der Waals surface area contributed by atoms with Crippen molar-refractivity contribution < 1.29 is 96.5 Å². The van der Waals surface area contributed by atoms with E-state index in [1.807, 2.05) is 0 Å². The molecule has 3 amide bonds. The molecule has 2 aromatic carbocycles. The lowest BCUT2D eigenvalue weighted by molar-refractivity contribution is -0.431. The van der Waals surface area contributed by atoms with E-state index in [2.05, 4.69) is 5.32 Å². The van der Waals surface area contributed by atoms with Crippen molar-refractivity contribution >= 4 is 11.9 Å². The van der Waals surface area contributed by atoms with Gasteiger partial charge >= 0.3 is 18.4 Å². The first-order chi connectivity index (χ1) is 24.4. The molecule has 1 fully saturated rings. The third-order valence-corrected chi connectivity index (χ3v) is 9.12. The molecule has 0 aromatic heterocycles. The van der Waals surface area contributed by atoms with Crippen LogP contribution in [0.15, 0.2) is 0 Å². The maximum absolute atomic E-state index is 14.1. The number of aliphatic hydroxyl groups excluding tert-OH is 1. The summed E-state index contributed by atoms with van der Waals surface area (Å²) in [5, 5.41) is 116. The highest BCUT2D eigenvalue weighted by Gasteiger charge is 2.59. The van der Waals surface area contributed by atoms with Crippen molar-refractivity contribution in [1.82, 2.24) is 20.0 Å². The number of β-amino-alcohol motifs (C(OH)–C–C–N with tert-alkyl or cyclic N) is 2. The normalized spacial score (nSPS) is 18.7. The van der Waals surface area contributed by atoms with E-state index in [4.69, 9.17) is 0 Å². The Kier molecular flexibility index (Phi) is 12.0. The number of piperazine rings is 1. The molecule has 0 spiro atoms. The Morgan fingerprint density at radius 2 is 1.37 bits per heavy atom. The van der Waals surface area contributed by atoms with Gasteiger partial charge in [0.2, 0.25) is 18.0 Å². The third-order valence-electron chi connectivity index (χ3n) is 9.12.